The summed E-state index contributed by atoms with van der Waals surface area (Å²) in [5, 5.41) is 0. The molecule has 0 aromatic rings. The van der Waals surface area contributed by atoms with E-state index in [0.717, 1.165) is 12.0 Å². The quantitative estimate of drug-likeness (QED) is 0.547. The highest BCUT2D eigenvalue weighted by molar-refractivity contribution is 5.99. The minimum atomic E-state index is 0.0850. The highest BCUT2D eigenvalue weighted by atomic mass is 16.1. The number of hydrogen-bond donors (Lipinski definition) is 0. The zero-order valence-electron chi connectivity index (χ0n) is 6.85. The van der Waals surface area contributed by atoms with Gasteiger partial charge in [0.05, 0.1) is 0 Å². The topological polar surface area (TPSA) is 17.1 Å². The van der Waals surface area contributed by atoms with Crippen molar-refractivity contribution >= 4 is 5.78 Å². The van der Waals surface area contributed by atoms with Gasteiger partial charge < -0.3 is 0 Å². The van der Waals surface area contributed by atoms with Crippen LogP contribution in [0.1, 0.15) is 27.2 Å². The van der Waals surface area contributed by atoms with Gasteiger partial charge in [0.1, 0.15) is 0 Å². The lowest BCUT2D eigenvalue weighted by atomic mass is 10.2. The fraction of sp³-hybridized carbons (Fsp3) is 0.444. The van der Waals surface area contributed by atoms with Gasteiger partial charge in [0.25, 0.3) is 0 Å². The molecule has 0 aromatic carbocycles. The molecule has 0 unspecified atom stereocenters. The molecule has 56 valence electrons. The molecule has 0 radical (unpaired) electrons. The fourth-order valence-electron chi connectivity index (χ4n) is 0.567. The molecule has 0 aliphatic carbocycles. The van der Waals surface area contributed by atoms with Crippen molar-refractivity contribution in [1.82, 2.24) is 0 Å². The molecule has 1 heteroatoms. The Balaban J connectivity index is 3.87. The fourth-order valence-corrected chi connectivity index (χ4v) is 0.567. The van der Waals surface area contributed by atoms with Crippen molar-refractivity contribution in [1.29, 1.82) is 0 Å². The average Bonchev–Trinajstić information content (AvgIpc) is 1.82. The summed E-state index contributed by atoms with van der Waals surface area (Å²) in [6.45, 7) is 5.83. The summed E-state index contributed by atoms with van der Waals surface area (Å²) in [5.41, 5.74) is 1.05. The number of carbonyl (C=O) groups is 1. The average molecular weight is 138 g/mol. The molecule has 0 aliphatic rings. The molecule has 0 amide bonds. The lowest BCUT2D eigenvalue weighted by Gasteiger charge is -1.84. The van der Waals surface area contributed by atoms with E-state index in [1.54, 1.807) is 12.2 Å². The van der Waals surface area contributed by atoms with Crippen LogP contribution in [0.2, 0.25) is 0 Å². The number of allylic oxidation sites excluding steroid dienone is 4. The molecule has 10 heavy (non-hydrogen) atoms. The Hall–Kier alpha value is -0.850. The Kier molecular flexibility index (Phi) is 4.55. The summed E-state index contributed by atoms with van der Waals surface area (Å²) in [6.07, 6.45) is 6.02. The third-order valence-electron chi connectivity index (χ3n) is 0.949. The zero-order chi connectivity index (χ0) is 7.98. The van der Waals surface area contributed by atoms with Gasteiger partial charge in [-0.2, -0.15) is 0 Å². The molecule has 0 heterocycles. The number of hydrogen-bond acceptors (Lipinski definition) is 1. The summed E-state index contributed by atoms with van der Waals surface area (Å²) >= 11 is 0. The number of ketones is 1. The van der Waals surface area contributed by atoms with Crippen molar-refractivity contribution in [3.63, 3.8) is 0 Å². The normalized spacial score (nSPS) is 9.90. The van der Waals surface area contributed by atoms with Gasteiger partial charge in [-0.1, -0.05) is 18.6 Å². The first-order chi connectivity index (χ1) is 4.66. The van der Waals surface area contributed by atoms with Crippen LogP contribution in [0, 0.1) is 0 Å². The Morgan fingerprint density at radius 3 is 2.40 bits per heavy atom. The van der Waals surface area contributed by atoms with Gasteiger partial charge in [-0.05, 0) is 32.4 Å². The summed E-state index contributed by atoms with van der Waals surface area (Å²) in [6, 6.07) is 0. The minimum absolute atomic E-state index is 0.0850. The summed E-state index contributed by atoms with van der Waals surface area (Å²) in [7, 11) is 0. The molecule has 0 atom stereocenters. The van der Waals surface area contributed by atoms with Crippen LogP contribution < -0.4 is 0 Å². The molecule has 0 aromatic heterocycles. The molecule has 0 saturated heterocycles. The number of carbonyl (C=O) groups excluding carboxylic acids is 1. The van der Waals surface area contributed by atoms with Gasteiger partial charge in [-0.15, -0.1) is 0 Å². The molecule has 0 saturated carbocycles. The Labute approximate surface area is 62.4 Å². The van der Waals surface area contributed by atoms with Crippen LogP contribution in [-0.4, -0.2) is 5.78 Å². The molecular weight excluding hydrogens is 124 g/mol. The van der Waals surface area contributed by atoms with Crippen molar-refractivity contribution in [2.24, 2.45) is 0 Å². The van der Waals surface area contributed by atoms with E-state index in [0.29, 0.717) is 0 Å². The van der Waals surface area contributed by atoms with E-state index in [1.807, 2.05) is 26.8 Å². The maximum atomic E-state index is 10.8. The first-order valence-corrected chi connectivity index (χ1v) is 3.52. The summed E-state index contributed by atoms with van der Waals surface area (Å²) in [4.78, 5) is 10.8. The van der Waals surface area contributed by atoms with Crippen LogP contribution in [0.4, 0.5) is 0 Å². The van der Waals surface area contributed by atoms with Crippen molar-refractivity contribution < 1.29 is 4.79 Å². The first-order valence-electron chi connectivity index (χ1n) is 3.52. The van der Waals surface area contributed by atoms with Gasteiger partial charge in [-0.3, -0.25) is 4.79 Å². The van der Waals surface area contributed by atoms with Crippen LogP contribution in [0.15, 0.2) is 23.8 Å². The highest BCUT2D eigenvalue weighted by Gasteiger charge is 1.86. The Bertz CT molecular complexity index is 160. The maximum Gasteiger partial charge on any atom is 0.178 e. The van der Waals surface area contributed by atoms with Crippen LogP contribution in [0.3, 0.4) is 0 Å². The molecule has 0 rings (SSSR count). The van der Waals surface area contributed by atoms with E-state index in [2.05, 4.69) is 0 Å². The molecule has 0 spiro atoms. The monoisotopic (exact) mass is 138 g/mol. The molecule has 0 N–H and O–H groups in total. The Morgan fingerprint density at radius 2 is 2.00 bits per heavy atom. The van der Waals surface area contributed by atoms with Crippen molar-refractivity contribution in [3.8, 4) is 0 Å². The van der Waals surface area contributed by atoms with Crippen molar-refractivity contribution in [2.75, 3.05) is 0 Å². The SMILES string of the molecule is CC/C=C/C(=O)C=C(C)C. The molecule has 0 bridgehead atoms. The van der Waals surface area contributed by atoms with Crippen LogP contribution >= 0.6 is 0 Å². The molecule has 0 aliphatic heterocycles. The zero-order valence-corrected chi connectivity index (χ0v) is 6.85. The molecule has 0 fully saturated rings. The van der Waals surface area contributed by atoms with Crippen LogP contribution in [-0.2, 0) is 4.79 Å². The van der Waals surface area contributed by atoms with E-state index >= 15 is 0 Å². The number of rotatable bonds is 3. The Morgan fingerprint density at radius 1 is 1.40 bits per heavy atom. The van der Waals surface area contributed by atoms with Crippen LogP contribution in [0.5, 0.6) is 0 Å². The van der Waals surface area contributed by atoms with E-state index < -0.39 is 0 Å². The standard InChI is InChI=1S/C9H14O/c1-4-5-6-9(10)7-8(2)3/h5-7H,4H2,1-3H3/b6-5+. The van der Waals surface area contributed by atoms with Crippen molar-refractivity contribution in [3.05, 3.63) is 23.8 Å². The third kappa shape index (κ3) is 5.29. The highest BCUT2D eigenvalue weighted by Crippen LogP contribution is 1.90. The minimum Gasteiger partial charge on any atom is -0.290 e. The predicted octanol–water partition coefficient (Wildman–Crippen LogP) is 2.49. The smallest absolute Gasteiger partial charge is 0.178 e. The predicted molar refractivity (Wildman–Crippen MR) is 43.9 cm³/mol. The van der Waals surface area contributed by atoms with E-state index in [-0.39, 0.29) is 5.78 Å². The first kappa shape index (κ1) is 9.15. The molecule has 1 nitrogen and oxygen atoms in total. The van der Waals surface area contributed by atoms with Crippen molar-refractivity contribution in [2.45, 2.75) is 27.2 Å². The molecular formula is C9H14O. The van der Waals surface area contributed by atoms with E-state index in [4.69, 9.17) is 0 Å². The lowest BCUT2D eigenvalue weighted by molar-refractivity contribution is -0.110. The van der Waals surface area contributed by atoms with Gasteiger partial charge >= 0.3 is 0 Å². The van der Waals surface area contributed by atoms with Gasteiger partial charge in [0, 0.05) is 0 Å². The second kappa shape index (κ2) is 4.98. The second-order valence-corrected chi connectivity index (χ2v) is 2.43. The van der Waals surface area contributed by atoms with E-state index in [9.17, 15) is 4.79 Å². The third-order valence-corrected chi connectivity index (χ3v) is 0.949. The summed E-state index contributed by atoms with van der Waals surface area (Å²) in [5.74, 6) is 0.0850. The summed E-state index contributed by atoms with van der Waals surface area (Å²) < 4.78 is 0. The second-order valence-electron chi connectivity index (χ2n) is 2.43. The van der Waals surface area contributed by atoms with Gasteiger partial charge in [-0.25, -0.2) is 0 Å². The largest absolute Gasteiger partial charge is 0.290 e. The van der Waals surface area contributed by atoms with Crippen LogP contribution in [0.25, 0.3) is 0 Å². The maximum absolute atomic E-state index is 10.8. The van der Waals surface area contributed by atoms with E-state index in [1.165, 1.54) is 0 Å². The van der Waals surface area contributed by atoms with Gasteiger partial charge in [0.15, 0.2) is 5.78 Å². The lowest BCUT2D eigenvalue weighted by Crippen LogP contribution is -1.85. The van der Waals surface area contributed by atoms with Gasteiger partial charge in [0.2, 0.25) is 0 Å².